The van der Waals surface area contributed by atoms with Crippen LogP contribution in [0, 0.1) is 10.8 Å². The number of carbonyl (C=O) groups excluding carboxylic acids is 2. The van der Waals surface area contributed by atoms with Crippen LogP contribution in [-0.2, 0) is 9.59 Å². The molecule has 0 saturated heterocycles. The highest BCUT2D eigenvalue weighted by molar-refractivity contribution is 6.04. The van der Waals surface area contributed by atoms with Gasteiger partial charge in [-0.2, -0.15) is 0 Å². The van der Waals surface area contributed by atoms with Gasteiger partial charge < -0.3 is 4.74 Å². The molecular weight excluding hydrogens is 288 g/mol. The number of methoxy groups -OCH3 is 1. The van der Waals surface area contributed by atoms with Crippen LogP contribution in [0.25, 0.3) is 5.57 Å². The van der Waals surface area contributed by atoms with Crippen LogP contribution in [-0.4, -0.2) is 18.7 Å². The molecule has 3 nitrogen and oxygen atoms in total. The van der Waals surface area contributed by atoms with Gasteiger partial charge in [-0.25, -0.2) is 0 Å². The maximum atomic E-state index is 12.4. The first-order valence-corrected chi connectivity index (χ1v) is 7.88. The number of allylic oxidation sites excluding steroid dienone is 2. The topological polar surface area (TPSA) is 43.4 Å². The van der Waals surface area contributed by atoms with E-state index in [1.54, 1.807) is 13.2 Å². The van der Waals surface area contributed by atoms with E-state index in [2.05, 4.69) is 0 Å². The molecular formula is C20H28O3. The van der Waals surface area contributed by atoms with Gasteiger partial charge in [-0.05, 0) is 29.3 Å². The van der Waals surface area contributed by atoms with Gasteiger partial charge in [0.05, 0.1) is 7.11 Å². The van der Waals surface area contributed by atoms with Crippen LogP contribution in [0.2, 0.25) is 0 Å². The molecule has 0 radical (unpaired) electrons. The SMILES string of the molecule is COc1ccc(/C(=C/C(=O)C(C)(C)C)CC(=O)C(C)(C)C)cc1. The van der Waals surface area contributed by atoms with Gasteiger partial charge in [-0.1, -0.05) is 53.7 Å². The second-order valence-corrected chi connectivity index (χ2v) is 7.86. The first kappa shape index (κ1) is 19.1. The second kappa shape index (κ2) is 7.12. The van der Waals surface area contributed by atoms with E-state index in [4.69, 9.17) is 4.74 Å². The highest BCUT2D eigenvalue weighted by Gasteiger charge is 2.25. The molecule has 126 valence electrons. The number of benzene rings is 1. The lowest BCUT2D eigenvalue weighted by Gasteiger charge is -2.19. The Kier molecular flexibility index (Phi) is 5.92. The maximum absolute atomic E-state index is 12.4. The molecule has 0 aliphatic heterocycles. The molecule has 1 aromatic rings. The Bertz CT molecular complexity index is 593. The highest BCUT2D eigenvalue weighted by atomic mass is 16.5. The highest BCUT2D eigenvalue weighted by Crippen LogP contribution is 2.28. The van der Waals surface area contributed by atoms with Crippen molar-refractivity contribution in [2.75, 3.05) is 7.11 Å². The third-order valence-electron chi connectivity index (χ3n) is 3.69. The van der Waals surface area contributed by atoms with Gasteiger partial charge in [-0.15, -0.1) is 0 Å². The number of rotatable bonds is 5. The second-order valence-electron chi connectivity index (χ2n) is 7.86. The predicted molar refractivity (Wildman–Crippen MR) is 94.5 cm³/mol. The molecule has 23 heavy (non-hydrogen) atoms. The van der Waals surface area contributed by atoms with Gasteiger partial charge in [0.2, 0.25) is 0 Å². The predicted octanol–water partition coefficient (Wildman–Crippen LogP) is 4.70. The van der Waals surface area contributed by atoms with E-state index >= 15 is 0 Å². The fourth-order valence-electron chi connectivity index (χ4n) is 1.85. The summed E-state index contributed by atoms with van der Waals surface area (Å²) in [6, 6.07) is 7.45. The minimum atomic E-state index is -0.470. The molecule has 0 heterocycles. The fraction of sp³-hybridized carbons (Fsp3) is 0.500. The summed E-state index contributed by atoms with van der Waals surface area (Å²) in [6.45, 7) is 11.3. The van der Waals surface area contributed by atoms with Gasteiger partial charge in [0.1, 0.15) is 11.5 Å². The Balaban J connectivity index is 3.22. The van der Waals surface area contributed by atoms with E-state index in [9.17, 15) is 9.59 Å². The van der Waals surface area contributed by atoms with Crippen LogP contribution < -0.4 is 4.74 Å². The largest absolute Gasteiger partial charge is 0.497 e. The molecule has 0 bridgehead atoms. The summed E-state index contributed by atoms with van der Waals surface area (Å²) in [5.74, 6) is 0.878. The monoisotopic (exact) mass is 316 g/mol. The van der Waals surface area contributed by atoms with Crippen molar-refractivity contribution in [2.45, 2.75) is 48.0 Å². The normalized spacial score (nSPS) is 12.9. The van der Waals surface area contributed by atoms with Gasteiger partial charge in [-0.3, -0.25) is 9.59 Å². The van der Waals surface area contributed by atoms with Crippen molar-refractivity contribution in [2.24, 2.45) is 10.8 Å². The number of hydrogen-bond donors (Lipinski definition) is 0. The van der Waals surface area contributed by atoms with Crippen molar-refractivity contribution in [1.29, 1.82) is 0 Å². The number of ether oxygens (including phenoxy) is 1. The molecule has 0 unspecified atom stereocenters. The van der Waals surface area contributed by atoms with Gasteiger partial charge >= 0.3 is 0 Å². The molecule has 1 rings (SSSR count). The molecule has 1 aromatic carbocycles. The molecule has 0 spiro atoms. The summed E-state index contributed by atoms with van der Waals surface area (Å²) in [5.41, 5.74) is 0.729. The van der Waals surface area contributed by atoms with Crippen LogP contribution in [0.1, 0.15) is 53.5 Å². The van der Waals surface area contributed by atoms with Crippen LogP contribution >= 0.6 is 0 Å². The first-order chi connectivity index (χ1) is 10.4. The maximum Gasteiger partial charge on any atom is 0.161 e. The van der Waals surface area contributed by atoms with Gasteiger partial charge in [0.15, 0.2) is 5.78 Å². The standard InChI is InChI=1S/C20H28O3/c1-19(2,3)17(21)12-15(13-18(22)20(4,5)6)14-8-10-16(23-7)11-9-14/h8-12H,13H2,1-7H3/b15-12+. The summed E-state index contributed by atoms with van der Waals surface area (Å²) in [6.07, 6.45) is 1.86. The van der Waals surface area contributed by atoms with Crippen molar-refractivity contribution in [3.05, 3.63) is 35.9 Å². The lowest BCUT2D eigenvalue weighted by Crippen LogP contribution is -2.21. The molecule has 0 aromatic heterocycles. The molecule has 0 N–H and O–H groups in total. The Labute approximate surface area is 139 Å². The molecule has 0 atom stereocenters. The van der Waals surface area contributed by atoms with E-state index in [1.165, 1.54) is 0 Å². The third kappa shape index (κ3) is 5.66. The van der Waals surface area contributed by atoms with E-state index in [0.29, 0.717) is 0 Å². The van der Waals surface area contributed by atoms with E-state index in [1.807, 2.05) is 65.8 Å². The third-order valence-corrected chi connectivity index (χ3v) is 3.69. The Morgan fingerprint density at radius 2 is 1.48 bits per heavy atom. The number of ketones is 2. The average Bonchev–Trinajstić information content (AvgIpc) is 2.44. The number of Topliss-reactive ketones (excluding diaryl/α,β-unsaturated/α-hetero) is 1. The molecule has 0 aliphatic carbocycles. The van der Waals surface area contributed by atoms with Crippen molar-refractivity contribution in [1.82, 2.24) is 0 Å². The van der Waals surface area contributed by atoms with Crippen LogP contribution in [0.3, 0.4) is 0 Å². The van der Waals surface area contributed by atoms with E-state index in [-0.39, 0.29) is 18.0 Å². The Morgan fingerprint density at radius 1 is 0.957 bits per heavy atom. The minimum absolute atomic E-state index is 0.0185. The quantitative estimate of drug-likeness (QED) is 0.740. The van der Waals surface area contributed by atoms with Crippen molar-refractivity contribution in [3.8, 4) is 5.75 Å². The van der Waals surface area contributed by atoms with Crippen molar-refractivity contribution in [3.63, 3.8) is 0 Å². The molecule has 0 amide bonds. The zero-order valence-electron chi connectivity index (χ0n) is 15.3. The van der Waals surface area contributed by atoms with E-state index in [0.717, 1.165) is 16.9 Å². The molecule has 3 heteroatoms. The zero-order chi connectivity index (χ0) is 17.8. The lowest BCUT2D eigenvalue weighted by molar-refractivity contribution is -0.125. The van der Waals surface area contributed by atoms with Gasteiger partial charge in [0, 0.05) is 17.3 Å². The molecule has 0 aliphatic rings. The summed E-state index contributed by atoms with van der Waals surface area (Å²) < 4.78 is 5.17. The zero-order valence-corrected chi connectivity index (χ0v) is 15.3. The summed E-state index contributed by atoms with van der Waals surface area (Å²) >= 11 is 0. The molecule has 0 fully saturated rings. The van der Waals surface area contributed by atoms with Crippen LogP contribution in [0.4, 0.5) is 0 Å². The van der Waals surface area contributed by atoms with Gasteiger partial charge in [0.25, 0.3) is 0 Å². The average molecular weight is 316 g/mol. The Hall–Kier alpha value is -1.90. The summed E-state index contributed by atoms with van der Waals surface area (Å²) in [7, 11) is 1.61. The summed E-state index contributed by atoms with van der Waals surface area (Å²) in [4.78, 5) is 24.8. The van der Waals surface area contributed by atoms with E-state index < -0.39 is 10.8 Å². The van der Waals surface area contributed by atoms with Crippen LogP contribution in [0.5, 0.6) is 5.75 Å². The smallest absolute Gasteiger partial charge is 0.161 e. The lowest BCUT2D eigenvalue weighted by atomic mass is 9.83. The fourth-order valence-corrected chi connectivity index (χ4v) is 1.85. The Morgan fingerprint density at radius 3 is 1.87 bits per heavy atom. The number of hydrogen-bond acceptors (Lipinski definition) is 3. The van der Waals surface area contributed by atoms with Crippen molar-refractivity contribution < 1.29 is 14.3 Å². The summed E-state index contributed by atoms with van der Waals surface area (Å²) in [5, 5.41) is 0. The minimum Gasteiger partial charge on any atom is -0.497 e. The first-order valence-electron chi connectivity index (χ1n) is 7.88. The van der Waals surface area contributed by atoms with Crippen LogP contribution in [0.15, 0.2) is 30.3 Å². The van der Waals surface area contributed by atoms with Crippen molar-refractivity contribution >= 4 is 17.1 Å². The number of carbonyl (C=O) groups is 2. The molecule has 0 saturated carbocycles.